The van der Waals surface area contributed by atoms with E-state index in [1.807, 2.05) is 0 Å². The van der Waals surface area contributed by atoms with Gasteiger partial charge in [0.1, 0.15) is 11.4 Å². The van der Waals surface area contributed by atoms with Crippen LogP contribution in [0, 0.1) is 12.8 Å². The molecule has 0 unspecified atom stereocenters. The van der Waals surface area contributed by atoms with E-state index < -0.39 is 5.60 Å². The normalized spacial score (nSPS) is 18.8. The molecule has 2 aliphatic heterocycles. The Morgan fingerprint density at radius 2 is 2.00 bits per heavy atom. The van der Waals surface area contributed by atoms with E-state index in [0.717, 1.165) is 13.1 Å². The van der Waals surface area contributed by atoms with Gasteiger partial charge in [-0.2, -0.15) is 0 Å². The van der Waals surface area contributed by atoms with Gasteiger partial charge in [0.15, 0.2) is 0 Å². The van der Waals surface area contributed by atoms with Crippen LogP contribution in [0.3, 0.4) is 0 Å². The molecular weight excluding hydrogens is 370 g/mol. The van der Waals surface area contributed by atoms with Crippen molar-refractivity contribution in [3.05, 3.63) is 29.3 Å². The fourth-order valence-corrected chi connectivity index (χ4v) is 4.27. The van der Waals surface area contributed by atoms with E-state index in [4.69, 9.17) is 4.74 Å². The van der Waals surface area contributed by atoms with Crippen molar-refractivity contribution in [1.29, 1.82) is 0 Å². The Morgan fingerprint density at radius 3 is 2.66 bits per heavy atom. The van der Waals surface area contributed by atoms with Gasteiger partial charge < -0.3 is 24.5 Å². The molecule has 2 saturated heterocycles. The van der Waals surface area contributed by atoms with E-state index in [1.165, 1.54) is 0 Å². The Hall–Kier alpha value is -2.28. The Kier molecular flexibility index (Phi) is 6.36. The molecule has 29 heavy (non-hydrogen) atoms. The third-order valence-corrected chi connectivity index (χ3v) is 5.97. The van der Waals surface area contributed by atoms with Crippen LogP contribution in [0.25, 0.3) is 0 Å². The molecule has 1 aromatic carbocycles. The number of rotatable bonds is 6. The number of hydrogen-bond donors (Lipinski definition) is 1. The number of phenolic OH excluding ortho intramolecular Hbond substituents is 1. The quantitative estimate of drug-likeness (QED) is 0.791. The summed E-state index contributed by atoms with van der Waals surface area (Å²) in [6.45, 7) is 10.3. The Bertz CT molecular complexity index is 756. The summed E-state index contributed by atoms with van der Waals surface area (Å²) in [6, 6.07) is 5.02. The molecule has 3 rings (SSSR count). The van der Waals surface area contributed by atoms with Crippen LogP contribution in [-0.4, -0.2) is 83.7 Å². The lowest BCUT2D eigenvalue weighted by Crippen LogP contribution is -2.49. The predicted octanol–water partition coefficient (Wildman–Crippen LogP) is 2.72. The van der Waals surface area contributed by atoms with Gasteiger partial charge in [0.25, 0.3) is 5.91 Å². The first-order valence-electron chi connectivity index (χ1n) is 10.4. The van der Waals surface area contributed by atoms with Gasteiger partial charge in [-0.3, -0.25) is 4.79 Å². The fourth-order valence-electron chi connectivity index (χ4n) is 4.27. The molecule has 1 N–H and O–H groups in total. The first-order valence-corrected chi connectivity index (χ1v) is 10.4. The number of nitrogens with zero attached hydrogens (tertiary/aromatic N) is 3. The van der Waals surface area contributed by atoms with Gasteiger partial charge in [0.2, 0.25) is 0 Å². The van der Waals surface area contributed by atoms with Gasteiger partial charge >= 0.3 is 6.09 Å². The van der Waals surface area contributed by atoms with Crippen molar-refractivity contribution >= 4 is 12.0 Å². The highest BCUT2D eigenvalue weighted by molar-refractivity contribution is 5.96. The molecule has 0 aliphatic carbocycles. The van der Waals surface area contributed by atoms with Crippen molar-refractivity contribution in [2.24, 2.45) is 5.92 Å². The monoisotopic (exact) mass is 403 g/mol. The smallest absolute Gasteiger partial charge is 0.410 e. The molecule has 2 aliphatic rings. The average Bonchev–Trinajstić information content (AvgIpc) is 2.97. The summed E-state index contributed by atoms with van der Waals surface area (Å²) in [5.41, 5.74) is 0.638. The molecule has 2 fully saturated rings. The zero-order valence-corrected chi connectivity index (χ0v) is 18.0. The molecular formula is C22H33N3O4. The van der Waals surface area contributed by atoms with Crippen LogP contribution in [0.15, 0.2) is 18.2 Å². The summed E-state index contributed by atoms with van der Waals surface area (Å²) in [7, 11) is 2.07. The molecule has 0 radical (unpaired) electrons. The Morgan fingerprint density at radius 1 is 1.31 bits per heavy atom. The summed E-state index contributed by atoms with van der Waals surface area (Å²) in [6.07, 6.45) is 1.04. The molecule has 0 saturated carbocycles. The summed E-state index contributed by atoms with van der Waals surface area (Å²) in [5.74, 6) is 0.644. The fraction of sp³-hybridized carbons (Fsp3) is 0.636. The van der Waals surface area contributed by atoms with Crippen LogP contribution >= 0.6 is 0 Å². The van der Waals surface area contributed by atoms with E-state index >= 15 is 0 Å². The standard InChI is InChI=1S/C22H33N3O4/c1-16(2)14-23(4)12-13-25-15-22(29-21(25)28)8-10-24(11-9-22)20(27)18-6-5-7-19(26)17(18)3/h5-7,16,26H,8-15H2,1-4H3. The number of carbonyl (C=O) groups is 2. The number of carbonyl (C=O) groups excluding carboxylic acids is 2. The van der Waals surface area contributed by atoms with Gasteiger partial charge in [-0.25, -0.2) is 4.79 Å². The van der Waals surface area contributed by atoms with E-state index in [1.54, 1.807) is 34.9 Å². The SMILES string of the molecule is Cc1c(O)cccc1C(=O)N1CCC2(CC1)CN(CCN(C)CC(C)C)C(=O)O2. The number of aromatic hydroxyl groups is 1. The second-order valence-electron chi connectivity index (χ2n) is 8.87. The lowest BCUT2D eigenvalue weighted by atomic mass is 9.90. The highest BCUT2D eigenvalue weighted by atomic mass is 16.6. The van der Waals surface area contributed by atoms with Crippen molar-refractivity contribution in [3.8, 4) is 5.75 Å². The van der Waals surface area contributed by atoms with Crippen molar-refractivity contribution in [3.63, 3.8) is 0 Å². The van der Waals surface area contributed by atoms with E-state index in [9.17, 15) is 14.7 Å². The topological polar surface area (TPSA) is 73.3 Å². The number of piperidine rings is 1. The number of ether oxygens (including phenoxy) is 1. The third kappa shape index (κ3) is 4.83. The maximum absolute atomic E-state index is 12.9. The molecule has 2 heterocycles. The molecule has 7 nitrogen and oxygen atoms in total. The summed E-state index contributed by atoms with van der Waals surface area (Å²) >= 11 is 0. The number of likely N-dealkylation sites (tertiary alicyclic amines) is 1. The molecule has 0 bridgehead atoms. The van der Waals surface area contributed by atoms with Crippen molar-refractivity contribution in [2.75, 3.05) is 46.3 Å². The number of phenols is 1. The molecule has 1 spiro atoms. The number of amides is 2. The molecule has 7 heteroatoms. The van der Waals surface area contributed by atoms with E-state index in [0.29, 0.717) is 56.1 Å². The number of hydrogen-bond acceptors (Lipinski definition) is 5. The van der Waals surface area contributed by atoms with E-state index in [2.05, 4.69) is 25.8 Å². The molecule has 2 amide bonds. The molecule has 0 aromatic heterocycles. The Balaban J connectivity index is 1.55. The van der Waals surface area contributed by atoms with Crippen molar-refractivity contribution in [2.45, 2.75) is 39.2 Å². The highest BCUT2D eigenvalue weighted by Gasteiger charge is 2.47. The first kappa shape index (κ1) is 21.4. The van der Waals surface area contributed by atoms with Crippen LogP contribution in [0.5, 0.6) is 5.75 Å². The van der Waals surface area contributed by atoms with Crippen LogP contribution in [-0.2, 0) is 4.74 Å². The zero-order valence-electron chi connectivity index (χ0n) is 18.0. The minimum atomic E-state index is -0.488. The van der Waals surface area contributed by atoms with Gasteiger partial charge in [-0.1, -0.05) is 19.9 Å². The molecule has 0 atom stereocenters. The van der Waals surface area contributed by atoms with Crippen molar-refractivity contribution < 1.29 is 19.4 Å². The zero-order chi connectivity index (χ0) is 21.2. The van der Waals surface area contributed by atoms with Crippen LogP contribution in [0.1, 0.15) is 42.6 Å². The average molecular weight is 404 g/mol. The number of likely N-dealkylation sites (N-methyl/N-ethyl adjacent to an activating group) is 1. The predicted molar refractivity (Wildman–Crippen MR) is 111 cm³/mol. The third-order valence-electron chi connectivity index (χ3n) is 5.97. The highest BCUT2D eigenvalue weighted by Crippen LogP contribution is 2.34. The summed E-state index contributed by atoms with van der Waals surface area (Å²) in [5, 5.41) is 9.87. The van der Waals surface area contributed by atoms with Gasteiger partial charge in [0, 0.05) is 56.7 Å². The van der Waals surface area contributed by atoms with Gasteiger partial charge in [-0.05, 0) is 32.0 Å². The summed E-state index contributed by atoms with van der Waals surface area (Å²) in [4.78, 5) is 31.1. The van der Waals surface area contributed by atoms with Gasteiger partial charge in [0.05, 0.1) is 6.54 Å². The van der Waals surface area contributed by atoms with Crippen molar-refractivity contribution in [1.82, 2.24) is 14.7 Å². The molecule has 160 valence electrons. The van der Waals surface area contributed by atoms with E-state index in [-0.39, 0.29) is 17.7 Å². The minimum absolute atomic E-state index is 0.0789. The lowest BCUT2D eigenvalue weighted by Gasteiger charge is -2.37. The maximum atomic E-state index is 12.9. The second kappa shape index (κ2) is 8.61. The van der Waals surface area contributed by atoms with Crippen LogP contribution < -0.4 is 0 Å². The first-order chi connectivity index (χ1) is 13.7. The maximum Gasteiger partial charge on any atom is 0.410 e. The number of benzene rings is 1. The summed E-state index contributed by atoms with van der Waals surface area (Å²) < 4.78 is 5.78. The lowest BCUT2D eigenvalue weighted by molar-refractivity contribution is 0.00309. The van der Waals surface area contributed by atoms with Crippen LogP contribution in [0.2, 0.25) is 0 Å². The minimum Gasteiger partial charge on any atom is -0.508 e. The molecule has 1 aromatic rings. The second-order valence-corrected chi connectivity index (χ2v) is 8.87. The Labute approximate surface area is 173 Å². The largest absolute Gasteiger partial charge is 0.508 e. The van der Waals surface area contributed by atoms with Crippen LogP contribution in [0.4, 0.5) is 4.79 Å². The van der Waals surface area contributed by atoms with Gasteiger partial charge in [-0.15, -0.1) is 0 Å².